The van der Waals surface area contributed by atoms with E-state index in [4.69, 9.17) is 21.1 Å². The van der Waals surface area contributed by atoms with Gasteiger partial charge in [0, 0.05) is 5.56 Å². The maximum Gasteiger partial charge on any atom is 0.462 e. The molecule has 32 heavy (non-hydrogen) atoms. The average molecular weight is 491 g/mol. The van der Waals surface area contributed by atoms with Crippen molar-refractivity contribution in [1.82, 2.24) is 5.43 Å². The van der Waals surface area contributed by atoms with Crippen LogP contribution >= 0.6 is 11.6 Å². The van der Waals surface area contributed by atoms with Crippen molar-refractivity contribution in [2.24, 2.45) is 5.10 Å². The van der Waals surface area contributed by atoms with Crippen molar-refractivity contribution in [2.45, 2.75) is 31.7 Å². The fourth-order valence-corrected chi connectivity index (χ4v) is 2.54. The molecule has 13 heteroatoms. The lowest BCUT2D eigenvalue weighted by molar-refractivity contribution is -0.361. The van der Waals surface area contributed by atoms with E-state index in [0.29, 0.717) is 11.6 Å². The molecule has 0 heterocycles. The lowest BCUT2D eigenvalue weighted by atomic mass is 10.2. The van der Waals surface area contributed by atoms with Crippen LogP contribution in [0.4, 0.5) is 35.1 Å². The summed E-state index contributed by atoms with van der Waals surface area (Å²) in [6.45, 7) is 1.46. The predicted octanol–water partition coefficient (Wildman–Crippen LogP) is 6.17. The second-order valence-electron chi connectivity index (χ2n) is 6.16. The molecule has 2 aromatic carbocycles. The summed E-state index contributed by atoms with van der Waals surface area (Å²) >= 11 is 6.08. The third-order valence-electron chi connectivity index (χ3n) is 3.83. The van der Waals surface area contributed by atoms with E-state index in [1.807, 2.05) is 0 Å². The molecule has 0 atom stereocenters. The Morgan fingerprint density at radius 3 is 2.28 bits per heavy atom. The first-order valence-electron chi connectivity index (χ1n) is 8.75. The fraction of sp³-hybridized carbons (Fsp3) is 0.316. The Bertz CT molecular complexity index is 967. The number of hydrazone groups is 1. The number of benzene rings is 2. The molecule has 0 fully saturated rings. The summed E-state index contributed by atoms with van der Waals surface area (Å²) in [5, 5.41) is 2.62. The molecule has 0 aliphatic rings. The first-order chi connectivity index (χ1) is 14.8. The van der Waals surface area contributed by atoms with Gasteiger partial charge in [0.05, 0.1) is 17.8 Å². The van der Waals surface area contributed by atoms with E-state index in [2.05, 4.69) is 5.10 Å². The van der Waals surface area contributed by atoms with Crippen LogP contribution < -0.4 is 14.9 Å². The third kappa shape index (κ3) is 5.72. The molecule has 0 bridgehead atoms. The zero-order valence-electron chi connectivity index (χ0n) is 16.1. The highest BCUT2D eigenvalue weighted by Crippen LogP contribution is 2.45. The minimum atomic E-state index is -6.50. The number of ether oxygens (including phenoxy) is 2. The minimum absolute atomic E-state index is 0.0230. The van der Waals surface area contributed by atoms with Crippen molar-refractivity contribution in [3.8, 4) is 11.5 Å². The molecule has 0 aliphatic heterocycles. The number of halogens is 9. The van der Waals surface area contributed by atoms with Gasteiger partial charge in [0.2, 0.25) is 0 Å². The van der Waals surface area contributed by atoms with Crippen LogP contribution in [0.3, 0.4) is 0 Å². The Hall–Kier alpha value is -2.76. The van der Waals surface area contributed by atoms with Crippen molar-refractivity contribution in [1.29, 1.82) is 0 Å². The Kier molecular flexibility index (Phi) is 7.81. The quantitative estimate of drug-likeness (QED) is 0.198. The molecule has 0 saturated heterocycles. The van der Waals surface area contributed by atoms with Crippen LogP contribution in [0.15, 0.2) is 41.5 Å². The van der Waals surface area contributed by atoms with E-state index in [1.54, 1.807) is 13.0 Å². The topological polar surface area (TPSA) is 42.8 Å². The van der Waals surface area contributed by atoms with Crippen molar-refractivity contribution in [3.05, 3.63) is 58.4 Å². The van der Waals surface area contributed by atoms with Gasteiger partial charge in [0.25, 0.3) is 0 Å². The van der Waals surface area contributed by atoms with Crippen LogP contribution in [0.25, 0.3) is 0 Å². The predicted molar refractivity (Wildman–Crippen MR) is 100 cm³/mol. The van der Waals surface area contributed by atoms with Gasteiger partial charge in [0.1, 0.15) is 12.4 Å². The number of hydrogen-bond acceptors (Lipinski definition) is 4. The fourth-order valence-electron chi connectivity index (χ4n) is 2.27. The summed E-state index contributed by atoms with van der Waals surface area (Å²) < 4.78 is 113. The van der Waals surface area contributed by atoms with Gasteiger partial charge < -0.3 is 9.47 Å². The summed E-state index contributed by atoms with van der Waals surface area (Å²) in [4.78, 5) is 0. The van der Waals surface area contributed by atoms with Crippen LogP contribution in [0.2, 0.25) is 5.02 Å². The summed E-state index contributed by atoms with van der Waals surface area (Å²) in [7, 11) is 0. The number of rotatable bonds is 9. The van der Waals surface area contributed by atoms with Crippen molar-refractivity contribution in [3.63, 3.8) is 0 Å². The van der Waals surface area contributed by atoms with Crippen molar-refractivity contribution in [2.75, 3.05) is 6.61 Å². The third-order valence-corrected chi connectivity index (χ3v) is 4.11. The summed E-state index contributed by atoms with van der Waals surface area (Å²) in [6.07, 6.45) is -5.96. The molecule has 4 nitrogen and oxygen atoms in total. The highest BCUT2D eigenvalue weighted by Gasteiger charge is 2.73. The molecular weight excluding hydrogens is 476 g/mol. The lowest BCUT2D eigenvalue weighted by Gasteiger charge is -2.27. The van der Waals surface area contributed by atoms with E-state index in [0.717, 1.165) is 12.1 Å². The smallest absolute Gasteiger partial charge is 0.462 e. The molecule has 0 aliphatic carbocycles. The SMILES string of the molecule is CCOc1cc(/C=N/NC(F)(F)C(F)(F)C(F)(F)F)cc(Cl)c1OCc1ccccc1F. The van der Waals surface area contributed by atoms with Gasteiger partial charge in [-0.1, -0.05) is 29.8 Å². The monoisotopic (exact) mass is 490 g/mol. The Balaban J connectivity index is 2.22. The molecule has 1 N–H and O–H groups in total. The normalized spacial score (nSPS) is 12.8. The molecule has 2 aromatic rings. The maximum absolute atomic E-state index is 13.7. The first kappa shape index (κ1) is 25.5. The van der Waals surface area contributed by atoms with E-state index >= 15 is 0 Å². The standard InChI is InChI=1S/C19H15ClF8N2O2/c1-2-31-15-8-11(9-29-30-19(27,28)17(22,23)18(24,25)26)7-13(20)16(15)32-10-12-5-3-4-6-14(12)21/h3-9,30H,2,10H2,1H3/b29-9+. The molecule has 0 amide bonds. The van der Waals surface area contributed by atoms with Gasteiger partial charge in [0.15, 0.2) is 11.5 Å². The highest BCUT2D eigenvalue weighted by molar-refractivity contribution is 6.32. The molecule has 0 spiro atoms. The van der Waals surface area contributed by atoms with Crippen LogP contribution in [-0.4, -0.2) is 31.0 Å². The largest absolute Gasteiger partial charge is 0.490 e. The summed E-state index contributed by atoms with van der Waals surface area (Å²) in [5.41, 5.74) is 0.617. The van der Waals surface area contributed by atoms with Crippen LogP contribution in [-0.2, 0) is 6.61 Å². The maximum atomic E-state index is 13.7. The summed E-state index contributed by atoms with van der Waals surface area (Å²) in [6, 6.07) is 2.30. The second-order valence-corrected chi connectivity index (χ2v) is 6.57. The zero-order valence-corrected chi connectivity index (χ0v) is 16.9. The van der Waals surface area contributed by atoms with E-state index in [-0.39, 0.29) is 40.9 Å². The number of hydrogen-bond donors (Lipinski definition) is 1. The van der Waals surface area contributed by atoms with Gasteiger partial charge >= 0.3 is 18.1 Å². The first-order valence-corrected chi connectivity index (χ1v) is 9.13. The molecule has 2 rings (SSSR count). The molecular formula is C19H15ClF8N2O2. The van der Waals surface area contributed by atoms with Crippen LogP contribution in [0.1, 0.15) is 18.1 Å². The summed E-state index contributed by atoms with van der Waals surface area (Å²) in [5.74, 6) is -6.95. The van der Waals surface area contributed by atoms with Gasteiger partial charge in [-0.25, -0.2) is 9.82 Å². The minimum Gasteiger partial charge on any atom is -0.490 e. The van der Waals surface area contributed by atoms with Crippen molar-refractivity contribution < 1.29 is 44.6 Å². The number of alkyl halides is 7. The van der Waals surface area contributed by atoms with E-state index < -0.39 is 24.0 Å². The molecule has 0 unspecified atom stereocenters. The highest BCUT2D eigenvalue weighted by atomic mass is 35.5. The molecule has 0 aromatic heterocycles. The van der Waals surface area contributed by atoms with Crippen molar-refractivity contribution >= 4 is 17.8 Å². The Labute approximate surface area is 181 Å². The molecule has 0 saturated carbocycles. The van der Waals surface area contributed by atoms with Gasteiger partial charge in [-0.05, 0) is 30.7 Å². The van der Waals surface area contributed by atoms with Gasteiger partial charge in [-0.2, -0.15) is 35.8 Å². The van der Waals surface area contributed by atoms with E-state index in [1.165, 1.54) is 18.2 Å². The number of nitrogens with zero attached hydrogens (tertiary/aromatic N) is 1. The Morgan fingerprint density at radius 2 is 1.69 bits per heavy atom. The van der Waals surface area contributed by atoms with Crippen LogP contribution in [0, 0.1) is 5.82 Å². The molecule has 0 radical (unpaired) electrons. The zero-order chi connectivity index (χ0) is 24.2. The Morgan fingerprint density at radius 1 is 1.03 bits per heavy atom. The van der Waals surface area contributed by atoms with Gasteiger partial charge in [-0.15, -0.1) is 0 Å². The second kappa shape index (κ2) is 9.80. The van der Waals surface area contributed by atoms with Gasteiger partial charge in [-0.3, -0.25) is 0 Å². The lowest BCUT2D eigenvalue weighted by Crippen LogP contribution is -2.58. The average Bonchev–Trinajstić information content (AvgIpc) is 2.67. The number of nitrogens with one attached hydrogen (secondary N) is 1. The molecule has 176 valence electrons. The van der Waals surface area contributed by atoms with Crippen LogP contribution in [0.5, 0.6) is 11.5 Å². The van der Waals surface area contributed by atoms with E-state index in [9.17, 15) is 35.1 Å².